The van der Waals surface area contributed by atoms with Crippen LogP contribution < -0.4 is 0 Å². The summed E-state index contributed by atoms with van der Waals surface area (Å²) in [7, 11) is 0. The second-order valence-corrected chi connectivity index (χ2v) is 3.77. The maximum Gasteiger partial charge on any atom is -0.0125 e. The predicted octanol–water partition coefficient (Wildman–Crippen LogP) is 3.98. The molecule has 2 rings (SSSR count). The maximum atomic E-state index is 3.97. The minimum absolute atomic E-state index is 1.07. The fourth-order valence-corrected chi connectivity index (χ4v) is 1.96. The van der Waals surface area contributed by atoms with E-state index in [2.05, 4.69) is 56.9 Å². The fraction of sp³-hybridized carbons (Fsp3) is 0.143. The first kappa shape index (κ1) is 9.01. The number of hydrogen-bond donors (Lipinski definition) is 0. The van der Waals surface area contributed by atoms with Crippen LogP contribution in [-0.4, -0.2) is 0 Å². The van der Waals surface area contributed by atoms with Gasteiger partial charge in [-0.25, -0.2) is 0 Å². The highest BCUT2D eigenvalue weighted by molar-refractivity contribution is 5.80. The van der Waals surface area contributed by atoms with Crippen molar-refractivity contribution in [2.24, 2.45) is 0 Å². The molecule has 0 amide bonds. The summed E-state index contributed by atoms with van der Waals surface area (Å²) < 4.78 is 0. The van der Waals surface area contributed by atoms with Crippen LogP contribution in [0.2, 0.25) is 0 Å². The highest BCUT2D eigenvalue weighted by Crippen LogP contribution is 2.27. The molecular formula is C14H14. The minimum Gasteiger partial charge on any atom is -0.0918 e. The van der Waals surface area contributed by atoms with Gasteiger partial charge in [-0.1, -0.05) is 43.0 Å². The molecule has 1 aliphatic rings. The molecule has 0 saturated heterocycles. The summed E-state index contributed by atoms with van der Waals surface area (Å²) in [5.74, 6) is 0. The van der Waals surface area contributed by atoms with Gasteiger partial charge in [-0.05, 0) is 41.7 Å². The summed E-state index contributed by atoms with van der Waals surface area (Å²) >= 11 is 0. The van der Waals surface area contributed by atoms with Crippen LogP contribution in [0.1, 0.15) is 23.6 Å². The number of rotatable bonds is 0. The number of benzene rings is 1. The first-order valence-corrected chi connectivity index (χ1v) is 4.84. The van der Waals surface area contributed by atoms with Gasteiger partial charge in [0.25, 0.3) is 0 Å². The van der Waals surface area contributed by atoms with E-state index < -0.39 is 0 Å². The Labute approximate surface area is 85.3 Å². The van der Waals surface area contributed by atoms with E-state index in [0.29, 0.717) is 0 Å². The SMILES string of the molecule is C=C1C=Cc2cccc(C)c2C(C)=C1. The first-order valence-electron chi connectivity index (χ1n) is 4.84. The van der Waals surface area contributed by atoms with Crippen molar-refractivity contribution in [2.75, 3.05) is 0 Å². The van der Waals surface area contributed by atoms with E-state index in [0.717, 1.165) is 5.57 Å². The number of allylic oxidation sites excluding steroid dienone is 4. The molecule has 0 N–H and O–H groups in total. The lowest BCUT2D eigenvalue weighted by atomic mass is 9.96. The van der Waals surface area contributed by atoms with Crippen LogP contribution in [0, 0.1) is 6.92 Å². The summed E-state index contributed by atoms with van der Waals surface area (Å²) in [6, 6.07) is 6.40. The van der Waals surface area contributed by atoms with E-state index in [1.807, 2.05) is 0 Å². The van der Waals surface area contributed by atoms with Crippen LogP contribution in [0.25, 0.3) is 11.6 Å². The molecule has 0 radical (unpaired) electrons. The fourth-order valence-electron chi connectivity index (χ4n) is 1.96. The third-order valence-corrected chi connectivity index (χ3v) is 2.58. The van der Waals surface area contributed by atoms with Gasteiger partial charge in [-0.2, -0.15) is 0 Å². The Hall–Kier alpha value is -1.56. The molecule has 0 aliphatic heterocycles. The Morgan fingerprint density at radius 3 is 2.64 bits per heavy atom. The first-order chi connectivity index (χ1) is 6.68. The summed E-state index contributed by atoms with van der Waals surface area (Å²) in [4.78, 5) is 0. The lowest BCUT2D eigenvalue weighted by Gasteiger charge is -2.08. The molecule has 1 aliphatic carbocycles. The van der Waals surface area contributed by atoms with E-state index >= 15 is 0 Å². The van der Waals surface area contributed by atoms with Gasteiger partial charge in [0, 0.05) is 0 Å². The van der Waals surface area contributed by atoms with Crippen molar-refractivity contribution in [3.63, 3.8) is 0 Å². The Morgan fingerprint density at radius 1 is 1.07 bits per heavy atom. The van der Waals surface area contributed by atoms with Crippen molar-refractivity contribution in [1.29, 1.82) is 0 Å². The summed E-state index contributed by atoms with van der Waals surface area (Å²) in [5.41, 5.74) is 6.33. The molecule has 0 aromatic heterocycles. The van der Waals surface area contributed by atoms with Gasteiger partial charge in [0.15, 0.2) is 0 Å². The third kappa shape index (κ3) is 1.44. The van der Waals surface area contributed by atoms with Crippen molar-refractivity contribution in [3.05, 3.63) is 59.2 Å². The number of aryl methyl sites for hydroxylation is 1. The lowest BCUT2D eigenvalue weighted by molar-refractivity contribution is 1.40. The molecule has 14 heavy (non-hydrogen) atoms. The minimum atomic E-state index is 1.07. The van der Waals surface area contributed by atoms with Crippen LogP contribution in [0.5, 0.6) is 0 Å². The molecule has 1 aromatic rings. The summed E-state index contributed by atoms with van der Waals surface area (Å²) in [6.07, 6.45) is 6.34. The highest BCUT2D eigenvalue weighted by atomic mass is 14.1. The van der Waals surface area contributed by atoms with Gasteiger partial charge >= 0.3 is 0 Å². The summed E-state index contributed by atoms with van der Waals surface area (Å²) in [5, 5.41) is 0. The molecule has 0 atom stereocenters. The second kappa shape index (κ2) is 3.30. The van der Waals surface area contributed by atoms with Gasteiger partial charge < -0.3 is 0 Å². The van der Waals surface area contributed by atoms with E-state index in [-0.39, 0.29) is 0 Å². The molecule has 0 unspecified atom stereocenters. The van der Waals surface area contributed by atoms with E-state index in [1.54, 1.807) is 0 Å². The van der Waals surface area contributed by atoms with E-state index in [4.69, 9.17) is 0 Å². The Balaban J connectivity index is 2.73. The average Bonchev–Trinajstić information content (AvgIpc) is 2.27. The van der Waals surface area contributed by atoms with Crippen LogP contribution >= 0.6 is 0 Å². The maximum absolute atomic E-state index is 3.97. The molecular weight excluding hydrogens is 168 g/mol. The molecule has 0 spiro atoms. The second-order valence-electron chi connectivity index (χ2n) is 3.77. The molecule has 0 saturated carbocycles. The smallest absolute Gasteiger partial charge is 0.0125 e. The molecule has 0 nitrogen and oxygen atoms in total. The Kier molecular flexibility index (Phi) is 2.12. The lowest BCUT2D eigenvalue weighted by Crippen LogP contribution is -1.88. The van der Waals surface area contributed by atoms with Crippen LogP contribution in [0.4, 0.5) is 0 Å². The van der Waals surface area contributed by atoms with Crippen LogP contribution in [0.3, 0.4) is 0 Å². The van der Waals surface area contributed by atoms with Gasteiger partial charge in [-0.15, -0.1) is 0 Å². The standard InChI is InChI=1S/C14H14/c1-10-7-8-13-6-4-5-11(2)14(13)12(3)9-10/h4-9H,1H2,2-3H3. The molecule has 0 heterocycles. The molecule has 0 heteroatoms. The monoisotopic (exact) mass is 182 g/mol. The zero-order chi connectivity index (χ0) is 10.1. The molecule has 0 bridgehead atoms. The predicted molar refractivity (Wildman–Crippen MR) is 63.0 cm³/mol. The normalized spacial score (nSPS) is 14.7. The van der Waals surface area contributed by atoms with Crippen LogP contribution in [0.15, 0.2) is 42.5 Å². The van der Waals surface area contributed by atoms with Gasteiger partial charge in [0.05, 0.1) is 0 Å². The number of fused-ring (bicyclic) bond motifs is 1. The van der Waals surface area contributed by atoms with Gasteiger partial charge in [0.1, 0.15) is 0 Å². The van der Waals surface area contributed by atoms with Crippen LogP contribution in [-0.2, 0) is 0 Å². The topological polar surface area (TPSA) is 0 Å². The third-order valence-electron chi connectivity index (χ3n) is 2.58. The summed E-state index contributed by atoms with van der Waals surface area (Å²) in [6.45, 7) is 8.27. The zero-order valence-corrected chi connectivity index (χ0v) is 8.67. The van der Waals surface area contributed by atoms with Crippen molar-refractivity contribution in [1.82, 2.24) is 0 Å². The average molecular weight is 182 g/mol. The Bertz CT molecular complexity index is 445. The van der Waals surface area contributed by atoms with E-state index in [9.17, 15) is 0 Å². The van der Waals surface area contributed by atoms with Crippen molar-refractivity contribution >= 4 is 11.6 Å². The van der Waals surface area contributed by atoms with Crippen molar-refractivity contribution in [2.45, 2.75) is 13.8 Å². The Morgan fingerprint density at radius 2 is 1.86 bits per heavy atom. The molecule has 0 fully saturated rings. The largest absolute Gasteiger partial charge is 0.0918 e. The van der Waals surface area contributed by atoms with Crippen molar-refractivity contribution in [3.8, 4) is 0 Å². The van der Waals surface area contributed by atoms with E-state index in [1.165, 1.54) is 22.3 Å². The van der Waals surface area contributed by atoms with Gasteiger partial charge in [-0.3, -0.25) is 0 Å². The molecule has 1 aromatic carbocycles. The number of hydrogen-bond acceptors (Lipinski definition) is 0. The molecule has 70 valence electrons. The zero-order valence-electron chi connectivity index (χ0n) is 8.67. The van der Waals surface area contributed by atoms with Crippen molar-refractivity contribution < 1.29 is 0 Å². The highest BCUT2D eigenvalue weighted by Gasteiger charge is 2.07. The van der Waals surface area contributed by atoms with Gasteiger partial charge in [0.2, 0.25) is 0 Å². The quantitative estimate of drug-likeness (QED) is 0.569.